The van der Waals surface area contributed by atoms with Crippen molar-refractivity contribution < 1.29 is 19.5 Å². The van der Waals surface area contributed by atoms with Gasteiger partial charge in [-0.1, -0.05) is 46.2 Å². The van der Waals surface area contributed by atoms with Gasteiger partial charge in [0.15, 0.2) is 8.68 Å². The number of hydrogen-bond acceptors (Lipinski definition) is 12. The third kappa shape index (κ3) is 3.56. The summed E-state index contributed by atoms with van der Waals surface area (Å²) in [5.74, 6) is -1.15. The minimum Gasteiger partial charge on any atom is -0.477 e. The fourth-order valence-electron chi connectivity index (χ4n) is 4.43. The number of aryl methyl sites for hydroxylation is 1. The fraction of sp³-hybridized carbons (Fsp3) is 0.471. The van der Waals surface area contributed by atoms with E-state index in [1.807, 2.05) is 6.92 Å². The van der Waals surface area contributed by atoms with Crippen LogP contribution in [0.1, 0.15) is 11.4 Å². The van der Waals surface area contributed by atoms with Crippen LogP contribution in [0.2, 0.25) is 0 Å². The van der Waals surface area contributed by atoms with E-state index in [-0.39, 0.29) is 35.2 Å². The monoisotopic (exact) mass is 511 g/mol. The van der Waals surface area contributed by atoms with E-state index in [0.717, 1.165) is 14.9 Å². The zero-order chi connectivity index (χ0) is 22.6. The zero-order valence-corrected chi connectivity index (χ0v) is 19.9. The summed E-state index contributed by atoms with van der Waals surface area (Å²) in [4.78, 5) is 40.8. The average Bonchev–Trinajstić information content (AvgIpc) is 3.45. The van der Waals surface area contributed by atoms with Gasteiger partial charge in [0, 0.05) is 18.2 Å². The molecule has 2 amide bonds. The van der Waals surface area contributed by atoms with Gasteiger partial charge in [-0.05, 0) is 18.9 Å². The van der Waals surface area contributed by atoms with Gasteiger partial charge in [0.1, 0.15) is 16.7 Å². The molecule has 11 nitrogen and oxygen atoms in total. The molecular weight excluding hydrogens is 495 g/mol. The molecule has 3 aliphatic heterocycles. The van der Waals surface area contributed by atoms with E-state index in [1.165, 1.54) is 51.1 Å². The maximum absolute atomic E-state index is 12.9. The van der Waals surface area contributed by atoms with Crippen LogP contribution >= 0.6 is 46.2 Å². The molecule has 0 spiro atoms. The second-order valence-electron chi connectivity index (χ2n) is 7.38. The number of amides is 2. The highest BCUT2D eigenvalue weighted by molar-refractivity contribution is 8.01. The van der Waals surface area contributed by atoms with E-state index >= 15 is 0 Å². The van der Waals surface area contributed by atoms with E-state index in [1.54, 1.807) is 4.90 Å². The first-order chi connectivity index (χ1) is 15.3. The molecule has 32 heavy (non-hydrogen) atoms. The summed E-state index contributed by atoms with van der Waals surface area (Å²) in [5.41, 5.74) is 6.37. The molecule has 0 radical (unpaired) electrons. The fourth-order valence-corrected chi connectivity index (χ4v) is 7.87. The Hall–Kier alpha value is -2.23. The molecule has 2 aromatic heterocycles. The second-order valence-corrected chi connectivity index (χ2v) is 12.0. The molecule has 1 unspecified atom stereocenters. The van der Waals surface area contributed by atoms with Gasteiger partial charge in [-0.15, -0.1) is 20.4 Å². The number of thioether (sulfide) groups is 2. The number of carbonyl (C=O) groups excluding carboxylic acids is 2. The number of carbonyl (C=O) groups is 3. The number of piperidine rings is 1. The molecule has 2 aromatic rings. The molecule has 0 aliphatic carbocycles. The van der Waals surface area contributed by atoms with E-state index in [4.69, 9.17) is 5.73 Å². The van der Waals surface area contributed by atoms with Crippen LogP contribution in [0.4, 0.5) is 5.13 Å². The highest BCUT2D eigenvalue weighted by Gasteiger charge is 2.64. The Kier molecular flexibility index (Phi) is 5.59. The third-order valence-corrected chi connectivity index (χ3v) is 9.55. The number of aromatic nitrogens is 4. The number of anilines is 1. The minimum atomic E-state index is -1.11. The molecule has 3 atom stereocenters. The van der Waals surface area contributed by atoms with Crippen molar-refractivity contribution in [2.24, 2.45) is 5.92 Å². The van der Waals surface area contributed by atoms with Crippen LogP contribution < -0.4 is 5.73 Å². The van der Waals surface area contributed by atoms with Gasteiger partial charge in [-0.2, -0.15) is 0 Å². The zero-order valence-electron chi connectivity index (χ0n) is 16.6. The summed E-state index contributed by atoms with van der Waals surface area (Å²) in [6, 6.07) is -0.942. The molecule has 0 aromatic carbocycles. The number of β-lactam (4-membered cyclic amide) rings is 1. The van der Waals surface area contributed by atoms with Crippen molar-refractivity contribution in [1.29, 1.82) is 0 Å². The Morgan fingerprint density at radius 3 is 2.59 bits per heavy atom. The Morgan fingerprint density at radius 2 is 1.94 bits per heavy atom. The number of aliphatic carboxylic acids is 1. The normalized spacial score (nSPS) is 24.0. The van der Waals surface area contributed by atoms with Gasteiger partial charge in [0.25, 0.3) is 5.91 Å². The Balaban J connectivity index is 1.31. The van der Waals surface area contributed by atoms with Crippen molar-refractivity contribution in [2.75, 3.05) is 23.8 Å². The summed E-state index contributed by atoms with van der Waals surface area (Å²) in [7, 11) is 0. The first kappa shape index (κ1) is 21.6. The van der Waals surface area contributed by atoms with E-state index in [0.29, 0.717) is 28.2 Å². The molecule has 3 N–H and O–H groups in total. The topological polar surface area (TPSA) is 156 Å². The number of nitrogen functional groups attached to an aromatic ring is 1. The van der Waals surface area contributed by atoms with Crippen molar-refractivity contribution in [2.45, 2.75) is 34.1 Å². The smallest absolute Gasteiger partial charge is 0.352 e. The number of carboxylic acid groups (broad SMARTS) is 1. The van der Waals surface area contributed by atoms with Crippen molar-refractivity contribution >= 4 is 69.1 Å². The Bertz CT molecular complexity index is 1150. The molecule has 2 fully saturated rings. The molecule has 2 saturated heterocycles. The van der Waals surface area contributed by atoms with Gasteiger partial charge < -0.3 is 15.7 Å². The lowest BCUT2D eigenvalue weighted by Crippen LogP contribution is -2.73. The summed E-state index contributed by atoms with van der Waals surface area (Å²) in [6.45, 7) is 2.27. The number of likely N-dealkylation sites (tertiary alicyclic amines) is 1. The van der Waals surface area contributed by atoms with Crippen LogP contribution in [0.5, 0.6) is 0 Å². The SMILES string of the molecule is Cc1nnc(SCC2=C(C(=O)O)N3C(=O)[C@@H]4[C@H]3C2CCN4C(=O)CSc2nnc(N)s2)s1. The maximum Gasteiger partial charge on any atom is 0.352 e. The number of nitrogens with zero attached hydrogens (tertiary/aromatic N) is 6. The molecule has 15 heteroatoms. The minimum absolute atomic E-state index is 0.0583. The van der Waals surface area contributed by atoms with Crippen LogP contribution in [0, 0.1) is 12.8 Å². The lowest BCUT2D eigenvalue weighted by atomic mass is 9.78. The molecule has 0 bridgehead atoms. The summed E-state index contributed by atoms with van der Waals surface area (Å²) < 4.78 is 1.35. The van der Waals surface area contributed by atoms with Crippen molar-refractivity contribution in [1.82, 2.24) is 30.2 Å². The number of nitrogens with two attached hydrogens (primary N) is 1. The van der Waals surface area contributed by atoms with E-state index < -0.39 is 12.0 Å². The highest BCUT2D eigenvalue weighted by atomic mass is 32.2. The predicted molar refractivity (Wildman–Crippen MR) is 119 cm³/mol. The van der Waals surface area contributed by atoms with Crippen LogP contribution in [-0.2, 0) is 14.4 Å². The number of rotatable bonds is 7. The standard InChI is InChI=1S/C17H17N7O4S4/c1-6-19-21-16(31-6)29-4-8-7-2-3-23(9(25)5-30-17-22-20-15(18)32-17)12-10(7)24(13(12)26)11(8)14(27)28/h7,10,12H,2-5H2,1H3,(H2,18,20)(H,27,28)/t7?,10-,12+/m1/s1. The van der Waals surface area contributed by atoms with Crippen LogP contribution in [0.3, 0.4) is 0 Å². The van der Waals surface area contributed by atoms with Crippen molar-refractivity contribution in [3.8, 4) is 0 Å². The predicted octanol–water partition coefficient (Wildman–Crippen LogP) is 0.945. The quantitative estimate of drug-likeness (QED) is 0.403. The van der Waals surface area contributed by atoms with Crippen molar-refractivity contribution in [3.05, 3.63) is 16.3 Å². The molecular formula is C17H17N7O4S4. The first-order valence-electron chi connectivity index (χ1n) is 9.58. The third-order valence-electron chi connectivity index (χ3n) is 5.66. The highest BCUT2D eigenvalue weighted by Crippen LogP contribution is 2.50. The van der Waals surface area contributed by atoms with E-state index in [2.05, 4.69) is 20.4 Å². The Morgan fingerprint density at radius 1 is 1.19 bits per heavy atom. The second kappa shape index (κ2) is 8.28. The molecule has 168 valence electrons. The number of carboxylic acids is 1. The first-order valence-corrected chi connectivity index (χ1v) is 13.2. The summed E-state index contributed by atoms with van der Waals surface area (Å²) in [6.07, 6.45) is 0.606. The summed E-state index contributed by atoms with van der Waals surface area (Å²) in [5, 5.41) is 26.7. The lowest BCUT2D eigenvalue weighted by molar-refractivity contribution is -0.168. The molecule has 5 rings (SSSR count). The van der Waals surface area contributed by atoms with Gasteiger partial charge >= 0.3 is 5.97 Å². The van der Waals surface area contributed by atoms with Gasteiger partial charge in [-0.3, -0.25) is 14.5 Å². The largest absolute Gasteiger partial charge is 0.477 e. The van der Waals surface area contributed by atoms with Gasteiger partial charge in [0.2, 0.25) is 11.0 Å². The van der Waals surface area contributed by atoms with E-state index in [9.17, 15) is 19.5 Å². The van der Waals surface area contributed by atoms with Crippen LogP contribution in [0.25, 0.3) is 0 Å². The summed E-state index contributed by atoms with van der Waals surface area (Å²) >= 11 is 5.31. The lowest BCUT2D eigenvalue weighted by Gasteiger charge is -2.53. The van der Waals surface area contributed by atoms with Crippen molar-refractivity contribution in [3.63, 3.8) is 0 Å². The molecule has 0 saturated carbocycles. The Labute approximate surface area is 198 Å². The average molecular weight is 512 g/mol. The van der Waals surface area contributed by atoms with Gasteiger partial charge in [-0.25, -0.2) is 4.79 Å². The maximum atomic E-state index is 12.9. The van der Waals surface area contributed by atoms with Crippen LogP contribution in [-0.4, -0.2) is 83.2 Å². The molecule has 5 heterocycles. The van der Waals surface area contributed by atoms with Gasteiger partial charge in [0.05, 0.1) is 11.8 Å². The molecule has 3 aliphatic rings. The van der Waals surface area contributed by atoms with Crippen LogP contribution in [0.15, 0.2) is 19.9 Å². The number of hydrogen-bond donors (Lipinski definition) is 2.